The minimum atomic E-state index is -0.0600. The van der Waals surface area contributed by atoms with E-state index in [9.17, 15) is 9.59 Å². The standard InChI is InChI=1S/C24H31ClN2O2/c25-21-4-1-17(2-5-21)3-6-22(28)26-7-9-27(10-8-26)23(29)24-14-18-11-19(15-24)13-20(12-18)16-24/h1-2,4-5,18-20H,3,6-16H2. The number of carbonyl (C=O) groups excluding carboxylic acids is 2. The van der Waals surface area contributed by atoms with Crippen molar-refractivity contribution in [1.82, 2.24) is 9.80 Å². The molecule has 1 aromatic rings. The summed E-state index contributed by atoms with van der Waals surface area (Å²) in [6.07, 6.45) is 8.72. The normalized spacial score (nSPS) is 33.2. The summed E-state index contributed by atoms with van der Waals surface area (Å²) in [5, 5.41) is 0.722. The molecule has 156 valence electrons. The Morgan fingerprint density at radius 1 is 0.862 bits per heavy atom. The third-order valence-electron chi connectivity index (χ3n) is 7.95. The molecule has 1 saturated heterocycles. The lowest BCUT2D eigenvalue weighted by Gasteiger charge is -2.57. The molecule has 29 heavy (non-hydrogen) atoms. The molecule has 4 nitrogen and oxygen atoms in total. The van der Waals surface area contributed by atoms with Gasteiger partial charge in [-0.2, -0.15) is 0 Å². The Bertz CT molecular complexity index is 747. The molecule has 0 atom stereocenters. The van der Waals surface area contributed by atoms with E-state index in [-0.39, 0.29) is 11.3 Å². The fraction of sp³-hybridized carbons (Fsp3) is 0.667. The first-order valence-electron chi connectivity index (χ1n) is 11.3. The van der Waals surface area contributed by atoms with Gasteiger partial charge in [0.1, 0.15) is 0 Å². The summed E-state index contributed by atoms with van der Waals surface area (Å²) in [6, 6.07) is 7.71. The third kappa shape index (κ3) is 3.81. The Kier molecular flexibility index (Phi) is 5.09. The van der Waals surface area contributed by atoms with Crippen LogP contribution >= 0.6 is 11.6 Å². The van der Waals surface area contributed by atoms with Crippen molar-refractivity contribution in [3.8, 4) is 0 Å². The van der Waals surface area contributed by atoms with E-state index >= 15 is 0 Å². The van der Waals surface area contributed by atoms with Gasteiger partial charge in [-0.15, -0.1) is 0 Å². The summed E-state index contributed by atoms with van der Waals surface area (Å²) >= 11 is 5.93. The van der Waals surface area contributed by atoms with Crippen molar-refractivity contribution in [2.24, 2.45) is 23.2 Å². The van der Waals surface area contributed by atoms with Gasteiger partial charge in [0, 0.05) is 37.6 Å². The topological polar surface area (TPSA) is 40.6 Å². The van der Waals surface area contributed by atoms with Gasteiger partial charge in [0.25, 0.3) is 0 Å². The summed E-state index contributed by atoms with van der Waals surface area (Å²) in [5.74, 6) is 2.98. The van der Waals surface area contributed by atoms with Crippen LogP contribution in [0, 0.1) is 23.2 Å². The second-order valence-electron chi connectivity index (χ2n) is 10.00. The predicted molar refractivity (Wildman–Crippen MR) is 114 cm³/mol. The number of rotatable bonds is 4. The molecule has 1 aliphatic heterocycles. The number of aryl methyl sites for hydroxylation is 1. The van der Waals surface area contributed by atoms with Gasteiger partial charge in [-0.25, -0.2) is 0 Å². The number of benzene rings is 1. The average molecular weight is 415 g/mol. The van der Waals surface area contributed by atoms with E-state index in [1.54, 1.807) is 0 Å². The van der Waals surface area contributed by atoms with Crippen molar-refractivity contribution in [1.29, 1.82) is 0 Å². The lowest BCUT2D eigenvalue weighted by Crippen LogP contribution is -2.58. The van der Waals surface area contributed by atoms with E-state index < -0.39 is 0 Å². The summed E-state index contributed by atoms with van der Waals surface area (Å²) in [7, 11) is 0. The van der Waals surface area contributed by atoms with Gasteiger partial charge in [-0.1, -0.05) is 23.7 Å². The van der Waals surface area contributed by atoms with Gasteiger partial charge in [0.15, 0.2) is 0 Å². The molecule has 0 N–H and O–H groups in total. The first-order chi connectivity index (χ1) is 14.0. The number of halogens is 1. The van der Waals surface area contributed by atoms with Crippen LogP contribution in [-0.4, -0.2) is 47.8 Å². The Hall–Kier alpha value is -1.55. The first-order valence-corrected chi connectivity index (χ1v) is 11.7. The molecule has 6 rings (SSSR count). The number of amides is 2. The Labute approximate surface area is 178 Å². The third-order valence-corrected chi connectivity index (χ3v) is 8.20. The monoisotopic (exact) mass is 414 g/mol. The molecule has 1 aromatic carbocycles. The zero-order valence-corrected chi connectivity index (χ0v) is 17.9. The van der Waals surface area contributed by atoms with Crippen LogP contribution in [0.3, 0.4) is 0 Å². The summed E-state index contributed by atoms with van der Waals surface area (Å²) < 4.78 is 0. The highest BCUT2D eigenvalue weighted by Crippen LogP contribution is 2.60. The maximum absolute atomic E-state index is 13.5. The van der Waals surface area contributed by atoms with Crippen LogP contribution in [0.1, 0.15) is 50.5 Å². The van der Waals surface area contributed by atoms with Crippen LogP contribution in [0.5, 0.6) is 0 Å². The zero-order valence-electron chi connectivity index (χ0n) is 17.1. The second-order valence-corrected chi connectivity index (χ2v) is 10.4. The molecule has 2 amide bonds. The SMILES string of the molecule is O=C(CCc1ccc(Cl)cc1)N1CCN(C(=O)C23CC4CC(CC(C4)C2)C3)CC1. The van der Waals surface area contributed by atoms with E-state index in [4.69, 9.17) is 11.6 Å². The number of hydrogen-bond donors (Lipinski definition) is 0. The van der Waals surface area contributed by atoms with Gasteiger partial charge in [0.2, 0.25) is 11.8 Å². The lowest BCUT2D eigenvalue weighted by molar-refractivity contribution is -0.160. The molecule has 4 bridgehead atoms. The molecule has 0 aromatic heterocycles. The molecular formula is C24H31ClN2O2. The Morgan fingerprint density at radius 2 is 1.38 bits per heavy atom. The van der Waals surface area contributed by atoms with Gasteiger partial charge in [-0.3, -0.25) is 9.59 Å². The molecule has 0 spiro atoms. The summed E-state index contributed by atoms with van der Waals surface area (Å²) in [5.41, 5.74) is 1.08. The average Bonchev–Trinajstić information content (AvgIpc) is 2.72. The maximum Gasteiger partial charge on any atom is 0.228 e. The molecule has 5 heteroatoms. The second kappa shape index (κ2) is 7.61. The largest absolute Gasteiger partial charge is 0.339 e. The summed E-state index contributed by atoms with van der Waals surface area (Å²) in [6.45, 7) is 2.76. The van der Waals surface area contributed by atoms with E-state index in [0.717, 1.165) is 54.0 Å². The van der Waals surface area contributed by atoms with Gasteiger partial charge < -0.3 is 9.80 Å². The van der Waals surface area contributed by atoms with E-state index in [1.165, 1.54) is 19.3 Å². The summed E-state index contributed by atoms with van der Waals surface area (Å²) in [4.78, 5) is 30.1. The zero-order chi connectivity index (χ0) is 20.0. The van der Waals surface area contributed by atoms with Gasteiger partial charge >= 0.3 is 0 Å². The number of piperazine rings is 1. The molecule has 0 radical (unpaired) electrons. The van der Waals surface area contributed by atoms with E-state index in [2.05, 4.69) is 4.90 Å². The highest BCUT2D eigenvalue weighted by molar-refractivity contribution is 6.30. The highest BCUT2D eigenvalue weighted by atomic mass is 35.5. The van der Waals surface area contributed by atoms with Crippen LogP contribution < -0.4 is 0 Å². The first kappa shape index (κ1) is 19.4. The van der Waals surface area contributed by atoms with Crippen LogP contribution in [-0.2, 0) is 16.0 Å². The van der Waals surface area contributed by atoms with Gasteiger partial charge in [-0.05, 0) is 80.4 Å². The molecular weight excluding hydrogens is 384 g/mol. The van der Waals surface area contributed by atoms with Crippen LogP contribution in [0.2, 0.25) is 5.02 Å². The minimum Gasteiger partial charge on any atom is -0.339 e. The Balaban J connectivity index is 1.14. The van der Waals surface area contributed by atoms with E-state index in [0.29, 0.717) is 38.5 Å². The van der Waals surface area contributed by atoms with Crippen LogP contribution in [0.15, 0.2) is 24.3 Å². The number of hydrogen-bond acceptors (Lipinski definition) is 2. The smallest absolute Gasteiger partial charge is 0.228 e. The number of carbonyl (C=O) groups is 2. The number of nitrogens with zero attached hydrogens (tertiary/aromatic N) is 2. The van der Waals surface area contributed by atoms with Gasteiger partial charge in [0.05, 0.1) is 5.41 Å². The molecule has 5 fully saturated rings. The highest BCUT2D eigenvalue weighted by Gasteiger charge is 2.55. The van der Waals surface area contributed by atoms with Crippen molar-refractivity contribution in [3.63, 3.8) is 0 Å². The molecule has 0 unspecified atom stereocenters. The van der Waals surface area contributed by atoms with Crippen molar-refractivity contribution in [2.75, 3.05) is 26.2 Å². The molecule has 1 heterocycles. The van der Waals surface area contributed by atoms with Crippen LogP contribution in [0.25, 0.3) is 0 Å². The molecule has 4 aliphatic carbocycles. The van der Waals surface area contributed by atoms with Crippen LogP contribution in [0.4, 0.5) is 0 Å². The lowest BCUT2D eigenvalue weighted by atomic mass is 9.49. The van der Waals surface area contributed by atoms with Crippen molar-refractivity contribution < 1.29 is 9.59 Å². The molecule has 4 saturated carbocycles. The fourth-order valence-electron chi connectivity index (χ4n) is 6.93. The van der Waals surface area contributed by atoms with E-state index in [1.807, 2.05) is 29.2 Å². The molecule has 5 aliphatic rings. The van der Waals surface area contributed by atoms with Crippen molar-refractivity contribution in [3.05, 3.63) is 34.9 Å². The quantitative estimate of drug-likeness (QED) is 0.742. The predicted octanol–water partition coefficient (Wildman–Crippen LogP) is 4.16. The maximum atomic E-state index is 13.5. The van der Waals surface area contributed by atoms with Crippen molar-refractivity contribution in [2.45, 2.75) is 51.4 Å². The minimum absolute atomic E-state index is 0.0600. The fourth-order valence-corrected chi connectivity index (χ4v) is 7.05. The Morgan fingerprint density at radius 3 is 1.93 bits per heavy atom. The van der Waals surface area contributed by atoms with Crippen molar-refractivity contribution >= 4 is 23.4 Å².